The SMILES string of the molecule is COC(=O)/C(O)=C(\C)O. The molecule has 0 atom stereocenters. The third-order valence-corrected chi connectivity index (χ3v) is 0.721. The molecule has 9 heavy (non-hydrogen) atoms. The van der Waals surface area contributed by atoms with E-state index in [0.29, 0.717) is 0 Å². The largest absolute Gasteiger partial charge is 0.508 e. The summed E-state index contributed by atoms with van der Waals surface area (Å²) in [4.78, 5) is 10.3. The Morgan fingerprint density at radius 2 is 1.89 bits per heavy atom. The lowest BCUT2D eigenvalue weighted by molar-refractivity contribution is -0.139. The van der Waals surface area contributed by atoms with Gasteiger partial charge in [0.25, 0.3) is 0 Å². The van der Waals surface area contributed by atoms with E-state index in [1.807, 2.05) is 0 Å². The van der Waals surface area contributed by atoms with E-state index in [2.05, 4.69) is 4.74 Å². The molecule has 0 aliphatic rings. The minimum absolute atomic E-state index is 0.443. The molecule has 0 spiro atoms. The Balaban J connectivity index is 4.21. The van der Waals surface area contributed by atoms with Gasteiger partial charge in [0.2, 0.25) is 5.76 Å². The average Bonchev–Trinajstić information content (AvgIpc) is 1.84. The lowest BCUT2D eigenvalue weighted by Gasteiger charge is -1.96. The summed E-state index contributed by atoms with van der Waals surface area (Å²) in [5, 5.41) is 17.0. The number of ether oxygens (including phenoxy) is 1. The van der Waals surface area contributed by atoms with Crippen LogP contribution in [0.25, 0.3) is 0 Å². The van der Waals surface area contributed by atoms with Crippen molar-refractivity contribution < 1.29 is 19.7 Å². The number of aliphatic hydroxyl groups is 2. The first kappa shape index (κ1) is 7.81. The first-order valence-electron chi connectivity index (χ1n) is 2.26. The molecule has 0 aromatic rings. The average molecular weight is 132 g/mol. The molecule has 4 nitrogen and oxygen atoms in total. The molecule has 0 unspecified atom stereocenters. The van der Waals surface area contributed by atoms with Crippen molar-refractivity contribution >= 4 is 5.97 Å². The van der Waals surface area contributed by atoms with Gasteiger partial charge in [0.1, 0.15) is 5.76 Å². The molecule has 0 fully saturated rings. The number of esters is 1. The third kappa shape index (κ3) is 2.03. The van der Waals surface area contributed by atoms with Gasteiger partial charge in [-0.3, -0.25) is 0 Å². The van der Waals surface area contributed by atoms with E-state index in [1.165, 1.54) is 6.92 Å². The molecular formula is C5H8O4. The van der Waals surface area contributed by atoms with Crippen LogP contribution in [0.5, 0.6) is 0 Å². The summed E-state index contributed by atoms with van der Waals surface area (Å²) in [5.74, 6) is -2.13. The molecule has 0 heterocycles. The van der Waals surface area contributed by atoms with E-state index < -0.39 is 17.5 Å². The van der Waals surface area contributed by atoms with E-state index in [1.54, 1.807) is 0 Å². The lowest BCUT2D eigenvalue weighted by atomic mass is 10.4. The highest BCUT2D eigenvalue weighted by Crippen LogP contribution is 1.96. The van der Waals surface area contributed by atoms with Gasteiger partial charge in [0, 0.05) is 0 Å². The maximum atomic E-state index is 10.3. The van der Waals surface area contributed by atoms with Crippen LogP contribution >= 0.6 is 0 Å². The first-order chi connectivity index (χ1) is 4.09. The van der Waals surface area contributed by atoms with Crippen LogP contribution in [0.2, 0.25) is 0 Å². The highest BCUT2D eigenvalue weighted by molar-refractivity contribution is 5.85. The summed E-state index contributed by atoms with van der Waals surface area (Å²) >= 11 is 0. The van der Waals surface area contributed by atoms with E-state index in [9.17, 15) is 4.79 Å². The zero-order valence-corrected chi connectivity index (χ0v) is 5.21. The molecule has 2 N–H and O–H groups in total. The number of carbonyl (C=O) groups excluding carboxylic acids is 1. The molecule has 0 saturated heterocycles. The van der Waals surface area contributed by atoms with Crippen LogP contribution in [-0.2, 0) is 9.53 Å². The summed E-state index contributed by atoms with van der Waals surface area (Å²) in [5.41, 5.74) is 0. The zero-order chi connectivity index (χ0) is 7.44. The van der Waals surface area contributed by atoms with Gasteiger partial charge in [-0.2, -0.15) is 0 Å². The van der Waals surface area contributed by atoms with Gasteiger partial charge < -0.3 is 14.9 Å². The number of carbonyl (C=O) groups is 1. The number of rotatable bonds is 1. The fraction of sp³-hybridized carbons (Fsp3) is 0.400. The van der Waals surface area contributed by atoms with Crippen molar-refractivity contribution in [3.8, 4) is 0 Å². The highest BCUT2D eigenvalue weighted by Gasteiger charge is 2.09. The molecule has 0 rings (SSSR count). The molecular weight excluding hydrogens is 124 g/mol. The van der Waals surface area contributed by atoms with Crippen LogP contribution in [-0.4, -0.2) is 23.3 Å². The highest BCUT2D eigenvalue weighted by atomic mass is 16.5. The second kappa shape index (κ2) is 2.96. The Hall–Kier alpha value is -1.19. The normalized spacial score (nSPS) is 12.2. The van der Waals surface area contributed by atoms with Crippen LogP contribution in [0.15, 0.2) is 11.5 Å². The van der Waals surface area contributed by atoms with Crippen molar-refractivity contribution in [3.05, 3.63) is 11.5 Å². The van der Waals surface area contributed by atoms with Gasteiger partial charge in [-0.15, -0.1) is 0 Å². The Morgan fingerprint density at radius 1 is 1.44 bits per heavy atom. The zero-order valence-electron chi connectivity index (χ0n) is 5.21. The van der Waals surface area contributed by atoms with Gasteiger partial charge in [0.15, 0.2) is 0 Å². The van der Waals surface area contributed by atoms with Crippen molar-refractivity contribution in [2.75, 3.05) is 7.11 Å². The number of methoxy groups -OCH3 is 1. The second-order valence-corrected chi connectivity index (χ2v) is 1.43. The van der Waals surface area contributed by atoms with E-state index >= 15 is 0 Å². The molecule has 0 bridgehead atoms. The summed E-state index contributed by atoms with van der Waals surface area (Å²) in [6, 6.07) is 0. The van der Waals surface area contributed by atoms with Crippen LogP contribution in [0, 0.1) is 0 Å². The summed E-state index contributed by atoms with van der Waals surface area (Å²) in [7, 11) is 1.11. The predicted octanol–water partition coefficient (Wildman–Crippen LogP) is 0.507. The molecule has 0 aromatic carbocycles. The van der Waals surface area contributed by atoms with Crippen LogP contribution in [0.1, 0.15) is 6.92 Å². The fourth-order valence-electron chi connectivity index (χ4n) is 0.244. The van der Waals surface area contributed by atoms with E-state index in [4.69, 9.17) is 10.2 Å². The Kier molecular flexibility index (Phi) is 2.57. The Bertz CT molecular complexity index is 143. The van der Waals surface area contributed by atoms with Crippen molar-refractivity contribution in [2.45, 2.75) is 6.92 Å². The number of hydrogen-bond acceptors (Lipinski definition) is 4. The Labute approximate surface area is 52.4 Å². The molecule has 52 valence electrons. The van der Waals surface area contributed by atoms with Crippen molar-refractivity contribution in [3.63, 3.8) is 0 Å². The first-order valence-corrected chi connectivity index (χ1v) is 2.26. The quantitative estimate of drug-likeness (QED) is 0.310. The van der Waals surface area contributed by atoms with Gasteiger partial charge in [-0.1, -0.05) is 0 Å². The third-order valence-electron chi connectivity index (χ3n) is 0.721. The summed E-state index contributed by atoms with van der Waals surface area (Å²) in [6.07, 6.45) is 0. The van der Waals surface area contributed by atoms with E-state index in [0.717, 1.165) is 7.11 Å². The molecule has 0 saturated carbocycles. The number of aliphatic hydroxyl groups excluding tert-OH is 2. The molecule has 0 aliphatic carbocycles. The number of allylic oxidation sites excluding steroid dienone is 1. The maximum Gasteiger partial charge on any atom is 0.376 e. The molecule has 4 heteroatoms. The lowest BCUT2D eigenvalue weighted by Crippen LogP contribution is -2.05. The Morgan fingerprint density at radius 3 is 2.00 bits per heavy atom. The fourth-order valence-corrected chi connectivity index (χ4v) is 0.244. The smallest absolute Gasteiger partial charge is 0.376 e. The van der Waals surface area contributed by atoms with Gasteiger partial charge >= 0.3 is 5.97 Å². The standard InChI is InChI=1S/C5H8O4/c1-3(6)4(7)5(8)9-2/h6-7H,1-2H3/b4-3-. The summed E-state index contributed by atoms with van der Waals surface area (Å²) < 4.78 is 4.07. The number of hydrogen-bond donors (Lipinski definition) is 2. The van der Waals surface area contributed by atoms with Crippen LogP contribution in [0.4, 0.5) is 0 Å². The van der Waals surface area contributed by atoms with Gasteiger partial charge in [-0.25, -0.2) is 4.79 Å². The maximum absolute atomic E-state index is 10.3. The minimum Gasteiger partial charge on any atom is -0.508 e. The second-order valence-electron chi connectivity index (χ2n) is 1.43. The van der Waals surface area contributed by atoms with Gasteiger partial charge in [-0.05, 0) is 6.92 Å². The van der Waals surface area contributed by atoms with Crippen molar-refractivity contribution in [2.24, 2.45) is 0 Å². The molecule has 0 aliphatic heterocycles. The van der Waals surface area contributed by atoms with E-state index in [-0.39, 0.29) is 0 Å². The molecule has 0 amide bonds. The monoisotopic (exact) mass is 132 g/mol. The molecule has 0 aromatic heterocycles. The van der Waals surface area contributed by atoms with Gasteiger partial charge in [0.05, 0.1) is 7.11 Å². The van der Waals surface area contributed by atoms with Crippen LogP contribution in [0.3, 0.4) is 0 Å². The summed E-state index contributed by atoms with van der Waals surface area (Å²) in [6.45, 7) is 1.19. The van der Waals surface area contributed by atoms with Crippen LogP contribution < -0.4 is 0 Å². The minimum atomic E-state index is -0.935. The van der Waals surface area contributed by atoms with Crippen molar-refractivity contribution in [1.29, 1.82) is 0 Å². The van der Waals surface area contributed by atoms with Crippen molar-refractivity contribution in [1.82, 2.24) is 0 Å². The predicted molar refractivity (Wildman–Crippen MR) is 30.0 cm³/mol. The topological polar surface area (TPSA) is 66.8 Å². The molecule has 0 radical (unpaired) electrons.